The molecule has 3 aromatic carbocycles. The van der Waals surface area contributed by atoms with Crippen LogP contribution >= 0.6 is 0 Å². The number of fused-ring (bicyclic) bond motifs is 1. The van der Waals surface area contributed by atoms with Gasteiger partial charge >= 0.3 is 5.97 Å². The third kappa shape index (κ3) is 5.34. The molecule has 0 aliphatic carbocycles. The largest absolute Gasteiger partial charge is 0.489 e. The summed E-state index contributed by atoms with van der Waals surface area (Å²) >= 11 is 0. The summed E-state index contributed by atoms with van der Waals surface area (Å²) in [7, 11) is 0. The number of carbonyl (C=O) groups excluding carboxylic acids is 4. The van der Waals surface area contributed by atoms with Gasteiger partial charge in [0.25, 0.3) is 11.8 Å². The van der Waals surface area contributed by atoms with Gasteiger partial charge in [0, 0.05) is 22.5 Å². The van der Waals surface area contributed by atoms with Gasteiger partial charge in [0.1, 0.15) is 19.0 Å². The molecule has 0 saturated carbocycles. The van der Waals surface area contributed by atoms with E-state index in [9.17, 15) is 19.2 Å². The predicted octanol–water partition coefficient (Wildman–Crippen LogP) is 3.83. The van der Waals surface area contributed by atoms with Gasteiger partial charge in [-0.15, -0.1) is 0 Å². The average Bonchev–Trinajstić information content (AvgIpc) is 3.21. The highest BCUT2D eigenvalue weighted by Crippen LogP contribution is 2.42. The number of allylic oxidation sites excluding steroid dienone is 2. The van der Waals surface area contributed by atoms with Crippen molar-refractivity contribution in [2.45, 2.75) is 26.4 Å². The molecular weight excluding hydrogens is 522 g/mol. The zero-order chi connectivity index (χ0) is 29.1. The van der Waals surface area contributed by atoms with Crippen molar-refractivity contribution in [1.82, 2.24) is 10.2 Å². The Labute approximate surface area is 237 Å². The van der Waals surface area contributed by atoms with Crippen LogP contribution in [0.2, 0.25) is 0 Å². The molecule has 41 heavy (non-hydrogen) atoms. The number of carbonyl (C=O) groups is 4. The molecule has 0 bridgehead atoms. The van der Waals surface area contributed by atoms with E-state index < -0.39 is 29.6 Å². The highest BCUT2D eigenvalue weighted by atomic mass is 16.5. The molecule has 0 spiro atoms. The monoisotopic (exact) mass is 551 g/mol. The summed E-state index contributed by atoms with van der Waals surface area (Å²) in [6.45, 7) is 3.36. The van der Waals surface area contributed by atoms with Gasteiger partial charge in [-0.2, -0.15) is 0 Å². The molecular formula is C32H29N3O6. The van der Waals surface area contributed by atoms with Crippen molar-refractivity contribution < 1.29 is 28.7 Å². The van der Waals surface area contributed by atoms with Gasteiger partial charge in [-0.3, -0.25) is 19.3 Å². The molecule has 0 fully saturated rings. The lowest BCUT2D eigenvalue weighted by molar-refractivity contribution is -0.139. The number of esters is 1. The summed E-state index contributed by atoms with van der Waals surface area (Å²) in [5, 5.41) is 3.07. The van der Waals surface area contributed by atoms with Crippen LogP contribution in [-0.2, 0) is 20.9 Å². The first-order valence-electron chi connectivity index (χ1n) is 13.1. The van der Waals surface area contributed by atoms with E-state index in [1.165, 1.54) is 0 Å². The summed E-state index contributed by atoms with van der Waals surface area (Å²) in [5.41, 5.74) is 9.38. The Morgan fingerprint density at radius 1 is 0.829 bits per heavy atom. The smallest absolute Gasteiger partial charge is 0.336 e. The minimum Gasteiger partial charge on any atom is -0.489 e. The van der Waals surface area contributed by atoms with Crippen LogP contribution in [0.25, 0.3) is 0 Å². The highest BCUT2D eigenvalue weighted by Gasteiger charge is 2.39. The van der Waals surface area contributed by atoms with Crippen molar-refractivity contribution >= 4 is 23.7 Å². The SMILES string of the molecule is CC1=C(C(N)=O)C(c2ccccc2OCc2ccccc2)C(C(=O)OCCN2C(=O)c3ccccc3C2=O)=C(C)N1. The molecule has 1 unspecified atom stereocenters. The maximum atomic E-state index is 13.6. The van der Waals surface area contributed by atoms with Crippen molar-refractivity contribution in [1.29, 1.82) is 0 Å². The molecule has 0 aromatic heterocycles. The van der Waals surface area contributed by atoms with E-state index in [1.807, 2.05) is 36.4 Å². The lowest BCUT2D eigenvalue weighted by atomic mass is 9.79. The van der Waals surface area contributed by atoms with Crippen LogP contribution < -0.4 is 15.8 Å². The molecule has 9 nitrogen and oxygen atoms in total. The Kier molecular flexibility index (Phi) is 7.69. The average molecular weight is 552 g/mol. The molecule has 5 rings (SSSR count). The second-order valence-electron chi connectivity index (χ2n) is 9.76. The van der Waals surface area contributed by atoms with Crippen molar-refractivity contribution in [2.75, 3.05) is 13.2 Å². The number of primary amides is 1. The van der Waals surface area contributed by atoms with Crippen LogP contribution in [0.4, 0.5) is 0 Å². The summed E-state index contributed by atoms with van der Waals surface area (Å²) < 4.78 is 11.7. The zero-order valence-electron chi connectivity index (χ0n) is 22.7. The number of hydrogen-bond acceptors (Lipinski definition) is 7. The van der Waals surface area contributed by atoms with Gasteiger partial charge in [0.15, 0.2) is 0 Å². The summed E-state index contributed by atoms with van der Waals surface area (Å²) in [6, 6.07) is 23.3. The van der Waals surface area contributed by atoms with E-state index in [0.717, 1.165) is 10.5 Å². The lowest BCUT2D eigenvalue weighted by Crippen LogP contribution is -2.36. The molecule has 3 N–H and O–H groups in total. The number of rotatable bonds is 9. The molecule has 2 heterocycles. The van der Waals surface area contributed by atoms with Crippen molar-refractivity contribution in [3.8, 4) is 5.75 Å². The number of hydrogen-bond donors (Lipinski definition) is 2. The number of ether oxygens (including phenoxy) is 2. The molecule has 9 heteroatoms. The van der Waals surface area contributed by atoms with Gasteiger partial charge in [-0.05, 0) is 37.6 Å². The quantitative estimate of drug-likeness (QED) is 0.306. The number of benzene rings is 3. The van der Waals surface area contributed by atoms with Gasteiger partial charge in [0.05, 0.1) is 29.2 Å². The summed E-state index contributed by atoms with van der Waals surface area (Å²) in [5.74, 6) is -2.66. The second-order valence-corrected chi connectivity index (χ2v) is 9.76. The van der Waals surface area contributed by atoms with Crippen LogP contribution in [-0.4, -0.2) is 41.7 Å². The van der Waals surface area contributed by atoms with Crippen LogP contribution in [0.15, 0.2) is 101 Å². The maximum Gasteiger partial charge on any atom is 0.336 e. The molecule has 2 aliphatic rings. The molecule has 1 atom stereocenters. The van der Waals surface area contributed by atoms with E-state index in [0.29, 0.717) is 33.8 Å². The first-order chi connectivity index (χ1) is 19.8. The molecule has 2 aliphatic heterocycles. The molecule has 3 amide bonds. The van der Waals surface area contributed by atoms with Crippen LogP contribution in [0.3, 0.4) is 0 Å². The zero-order valence-corrected chi connectivity index (χ0v) is 22.7. The maximum absolute atomic E-state index is 13.6. The number of imide groups is 1. The number of para-hydroxylation sites is 1. The Balaban J connectivity index is 1.40. The number of nitrogens with zero attached hydrogens (tertiary/aromatic N) is 1. The van der Waals surface area contributed by atoms with E-state index in [4.69, 9.17) is 15.2 Å². The summed E-state index contributed by atoms with van der Waals surface area (Å²) in [4.78, 5) is 52.8. The van der Waals surface area contributed by atoms with Crippen molar-refractivity contribution in [3.05, 3.63) is 124 Å². The van der Waals surface area contributed by atoms with Gasteiger partial charge < -0.3 is 20.5 Å². The van der Waals surface area contributed by atoms with Crippen LogP contribution in [0, 0.1) is 0 Å². The summed E-state index contributed by atoms with van der Waals surface area (Å²) in [6.07, 6.45) is 0. The van der Waals surface area contributed by atoms with E-state index in [-0.39, 0.29) is 30.9 Å². The third-order valence-electron chi connectivity index (χ3n) is 7.14. The van der Waals surface area contributed by atoms with Crippen molar-refractivity contribution in [2.24, 2.45) is 5.73 Å². The molecule has 208 valence electrons. The number of nitrogens with one attached hydrogen (secondary N) is 1. The van der Waals surface area contributed by atoms with E-state index in [1.54, 1.807) is 56.3 Å². The Morgan fingerprint density at radius 2 is 1.41 bits per heavy atom. The minimum absolute atomic E-state index is 0.114. The van der Waals surface area contributed by atoms with E-state index >= 15 is 0 Å². The topological polar surface area (TPSA) is 128 Å². The van der Waals surface area contributed by atoms with Gasteiger partial charge in [-0.1, -0.05) is 60.7 Å². The predicted molar refractivity (Wildman–Crippen MR) is 150 cm³/mol. The fraction of sp³-hybridized carbons (Fsp3) is 0.188. The molecule has 0 saturated heterocycles. The first kappa shape index (κ1) is 27.4. The van der Waals surface area contributed by atoms with Crippen LogP contribution in [0.1, 0.15) is 51.6 Å². The Morgan fingerprint density at radius 3 is 2.07 bits per heavy atom. The Hall–Kier alpha value is -5.18. The Bertz CT molecular complexity index is 1570. The second kappa shape index (κ2) is 11.5. The minimum atomic E-state index is -0.868. The fourth-order valence-corrected chi connectivity index (χ4v) is 5.24. The molecule has 3 aromatic rings. The third-order valence-corrected chi connectivity index (χ3v) is 7.14. The van der Waals surface area contributed by atoms with Gasteiger partial charge in [-0.25, -0.2) is 4.79 Å². The number of amides is 3. The van der Waals surface area contributed by atoms with E-state index in [2.05, 4.69) is 5.32 Å². The first-order valence-corrected chi connectivity index (χ1v) is 13.1. The number of dihydropyridines is 1. The van der Waals surface area contributed by atoms with Gasteiger partial charge in [0.2, 0.25) is 5.91 Å². The van der Waals surface area contributed by atoms with Crippen LogP contribution in [0.5, 0.6) is 5.75 Å². The van der Waals surface area contributed by atoms with Crippen molar-refractivity contribution in [3.63, 3.8) is 0 Å². The lowest BCUT2D eigenvalue weighted by Gasteiger charge is -2.31. The highest BCUT2D eigenvalue weighted by molar-refractivity contribution is 6.21. The normalized spacial score (nSPS) is 16.4. The molecule has 0 radical (unpaired) electrons. The number of nitrogens with two attached hydrogens (primary N) is 1. The standard InChI is InChI=1S/C32H29N3O6/c1-19-26(29(33)36)28(24-14-8-9-15-25(24)41-18-21-10-4-3-5-11-21)27(20(2)34-19)32(39)40-17-16-35-30(37)22-12-6-7-13-23(22)31(35)38/h3-15,28,34H,16-18H2,1-2H3,(H2,33,36). The fourth-order valence-electron chi connectivity index (χ4n) is 5.24.